The van der Waals surface area contributed by atoms with Crippen LogP contribution in [0.25, 0.3) is 0 Å². The lowest BCUT2D eigenvalue weighted by atomic mass is 9.96. The zero-order valence-corrected chi connectivity index (χ0v) is 13.2. The Morgan fingerprint density at radius 1 is 1.21 bits per heavy atom. The summed E-state index contributed by atoms with van der Waals surface area (Å²) in [5.41, 5.74) is 0. The summed E-state index contributed by atoms with van der Waals surface area (Å²) < 4.78 is 0. The summed E-state index contributed by atoms with van der Waals surface area (Å²) in [6.07, 6.45) is 8.65. The van der Waals surface area contributed by atoms with Gasteiger partial charge in [-0.05, 0) is 39.0 Å². The third-order valence-corrected chi connectivity index (χ3v) is 4.33. The van der Waals surface area contributed by atoms with Gasteiger partial charge in [-0.3, -0.25) is 4.79 Å². The van der Waals surface area contributed by atoms with E-state index < -0.39 is 0 Å². The van der Waals surface area contributed by atoms with Crippen molar-refractivity contribution in [2.45, 2.75) is 90.8 Å². The molecule has 0 spiro atoms. The van der Waals surface area contributed by atoms with Gasteiger partial charge >= 0.3 is 0 Å². The van der Waals surface area contributed by atoms with E-state index in [9.17, 15) is 4.79 Å². The van der Waals surface area contributed by atoms with Crippen molar-refractivity contribution >= 4 is 5.91 Å². The maximum Gasteiger partial charge on any atom is 0.237 e. The highest BCUT2D eigenvalue weighted by Gasteiger charge is 2.24. The summed E-state index contributed by atoms with van der Waals surface area (Å²) in [7, 11) is 0. The van der Waals surface area contributed by atoms with Crippen LogP contribution in [0.5, 0.6) is 0 Å². The summed E-state index contributed by atoms with van der Waals surface area (Å²) in [4.78, 5) is 12.1. The van der Waals surface area contributed by atoms with Gasteiger partial charge in [0.2, 0.25) is 5.91 Å². The van der Waals surface area contributed by atoms with Gasteiger partial charge in [-0.2, -0.15) is 0 Å². The zero-order chi connectivity index (χ0) is 14.3. The lowest BCUT2D eigenvalue weighted by Crippen LogP contribution is -2.50. The summed E-state index contributed by atoms with van der Waals surface area (Å²) in [5.74, 6) is 0.836. The van der Waals surface area contributed by atoms with Crippen LogP contribution in [0, 0.1) is 5.92 Å². The van der Waals surface area contributed by atoms with E-state index in [1.165, 1.54) is 32.1 Å². The lowest BCUT2D eigenvalue weighted by molar-refractivity contribution is -0.123. The fraction of sp³-hybridized carbons (Fsp3) is 0.938. The van der Waals surface area contributed by atoms with Gasteiger partial charge in [0.25, 0.3) is 0 Å². The van der Waals surface area contributed by atoms with Crippen LogP contribution in [0.3, 0.4) is 0 Å². The molecule has 1 rings (SSSR count). The molecule has 19 heavy (non-hydrogen) atoms. The Bertz CT molecular complexity index is 267. The summed E-state index contributed by atoms with van der Waals surface area (Å²) in [5, 5.41) is 6.64. The zero-order valence-electron chi connectivity index (χ0n) is 13.2. The standard InChI is InChI=1S/C16H32N2O/c1-5-9-13(3)17-16(19)14(4)18-15-11-8-6-7-10-12(15)2/h12-15,18H,5-11H2,1-4H3,(H,17,19). The van der Waals surface area contributed by atoms with Crippen LogP contribution in [0.2, 0.25) is 0 Å². The van der Waals surface area contributed by atoms with Crippen molar-refractivity contribution in [1.29, 1.82) is 0 Å². The van der Waals surface area contributed by atoms with Crippen LogP contribution in [0.4, 0.5) is 0 Å². The largest absolute Gasteiger partial charge is 0.352 e. The normalized spacial score (nSPS) is 27.4. The van der Waals surface area contributed by atoms with Gasteiger partial charge in [0.15, 0.2) is 0 Å². The van der Waals surface area contributed by atoms with Gasteiger partial charge in [0.1, 0.15) is 0 Å². The van der Waals surface area contributed by atoms with Crippen LogP contribution in [-0.4, -0.2) is 24.0 Å². The highest BCUT2D eigenvalue weighted by Crippen LogP contribution is 2.23. The molecule has 0 aromatic rings. The second kappa shape index (κ2) is 8.57. The maximum atomic E-state index is 12.1. The number of rotatable bonds is 6. The first-order valence-electron chi connectivity index (χ1n) is 8.11. The first kappa shape index (κ1) is 16.5. The van der Waals surface area contributed by atoms with Crippen LogP contribution in [0.1, 0.15) is 72.6 Å². The molecule has 2 N–H and O–H groups in total. The number of amides is 1. The number of carbonyl (C=O) groups excluding carboxylic acids is 1. The lowest BCUT2D eigenvalue weighted by Gasteiger charge is -2.27. The van der Waals surface area contributed by atoms with Gasteiger partial charge in [0, 0.05) is 12.1 Å². The molecule has 1 aliphatic rings. The van der Waals surface area contributed by atoms with Gasteiger partial charge in [-0.15, -0.1) is 0 Å². The van der Waals surface area contributed by atoms with Crippen molar-refractivity contribution in [2.75, 3.05) is 0 Å². The van der Waals surface area contributed by atoms with Crippen LogP contribution in [-0.2, 0) is 4.79 Å². The Kier molecular flexibility index (Phi) is 7.44. The molecule has 1 aliphatic carbocycles. The molecule has 0 bridgehead atoms. The molecule has 0 saturated heterocycles. The molecule has 0 aromatic heterocycles. The molecule has 1 saturated carbocycles. The molecule has 1 fully saturated rings. The van der Waals surface area contributed by atoms with E-state index in [-0.39, 0.29) is 18.0 Å². The van der Waals surface area contributed by atoms with E-state index in [1.807, 2.05) is 6.92 Å². The van der Waals surface area contributed by atoms with Crippen molar-refractivity contribution in [3.05, 3.63) is 0 Å². The van der Waals surface area contributed by atoms with Crippen molar-refractivity contribution < 1.29 is 4.79 Å². The highest BCUT2D eigenvalue weighted by molar-refractivity contribution is 5.81. The molecule has 0 heterocycles. The molecule has 0 radical (unpaired) electrons. The molecule has 112 valence electrons. The van der Waals surface area contributed by atoms with E-state index in [0.29, 0.717) is 12.0 Å². The molecular weight excluding hydrogens is 236 g/mol. The Morgan fingerprint density at radius 3 is 2.58 bits per heavy atom. The summed E-state index contributed by atoms with van der Waals surface area (Å²) >= 11 is 0. The monoisotopic (exact) mass is 268 g/mol. The molecule has 4 atom stereocenters. The van der Waals surface area contributed by atoms with Gasteiger partial charge in [-0.1, -0.05) is 39.5 Å². The first-order valence-corrected chi connectivity index (χ1v) is 8.11. The number of hydrogen-bond donors (Lipinski definition) is 2. The number of hydrogen-bond acceptors (Lipinski definition) is 2. The third-order valence-electron chi connectivity index (χ3n) is 4.33. The van der Waals surface area contributed by atoms with E-state index in [2.05, 4.69) is 31.4 Å². The number of nitrogens with one attached hydrogen (secondary N) is 2. The molecular formula is C16H32N2O. The molecule has 0 aliphatic heterocycles. The van der Waals surface area contributed by atoms with E-state index in [1.54, 1.807) is 0 Å². The summed E-state index contributed by atoms with van der Waals surface area (Å²) in [6, 6.07) is 0.711. The van der Waals surface area contributed by atoms with Crippen molar-refractivity contribution in [3.63, 3.8) is 0 Å². The predicted molar refractivity (Wildman–Crippen MR) is 81.1 cm³/mol. The predicted octanol–water partition coefficient (Wildman–Crippen LogP) is 3.24. The molecule has 0 aromatic carbocycles. The van der Waals surface area contributed by atoms with E-state index >= 15 is 0 Å². The quantitative estimate of drug-likeness (QED) is 0.726. The Balaban J connectivity index is 2.39. The van der Waals surface area contributed by atoms with Gasteiger partial charge in [0.05, 0.1) is 6.04 Å². The fourth-order valence-corrected chi connectivity index (χ4v) is 3.01. The smallest absolute Gasteiger partial charge is 0.237 e. The maximum absolute atomic E-state index is 12.1. The Morgan fingerprint density at radius 2 is 1.89 bits per heavy atom. The molecule has 3 heteroatoms. The van der Waals surface area contributed by atoms with Crippen LogP contribution in [0.15, 0.2) is 0 Å². The van der Waals surface area contributed by atoms with Crippen LogP contribution < -0.4 is 10.6 Å². The minimum Gasteiger partial charge on any atom is -0.352 e. The third kappa shape index (κ3) is 5.94. The Labute approximate surface area is 118 Å². The summed E-state index contributed by atoms with van der Waals surface area (Å²) in [6.45, 7) is 8.54. The van der Waals surface area contributed by atoms with Gasteiger partial charge in [-0.25, -0.2) is 0 Å². The van der Waals surface area contributed by atoms with E-state index in [0.717, 1.165) is 12.8 Å². The van der Waals surface area contributed by atoms with Gasteiger partial charge < -0.3 is 10.6 Å². The molecule has 3 nitrogen and oxygen atoms in total. The van der Waals surface area contributed by atoms with Crippen molar-refractivity contribution in [1.82, 2.24) is 10.6 Å². The minimum absolute atomic E-state index is 0.0788. The average molecular weight is 268 g/mol. The molecule has 4 unspecified atom stereocenters. The van der Waals surface area contributed by atoms with Crippen molar-refractivity contribution in [3.8, 4) is 0 Å². The average Bonchev–Trinajstić information content (AvgIpc) is 2.55. The fourth-order valence-electron chi connectivity index (χ4n) is 3.01. The topological polar surface area (TPSA) is 41.1 Å². The SMILES string of the molecule is CCCC(C)NC(=O)C(C)NC1CCCCCC1C. The minimum atomic E-state index is -0.0788. The number of carbonyl (C=O) groups is 1. The van der Waals surface area contributed by atoms with Crippen molar-refractivity contribution in [2.24, 2.45) is 5.92 Å². The van der Waals surface area contributed by atoms with E-state index in [4.69, 9.17) is 0 Å². The highest BCUT2D eigenvalue weighted by atomic mass is 16.2. The Hall–Kier alpha value is -0.570. The first-order chi connectivity index (χ1) is 9.04. The second-order valence-electron chi connectivity index (χ2n) is 6.31. The van der Waals surface area contributed by atoms with Crippen LogP contribution >= 0.6 is 0 Å². The second-order valence-corrected chi connectivity index (χ2v) is 6.31. The molecule has 1 amide bonds.